The molecule has 0 atom stereocenters. The van der Waals surface area contributed by atoms with Gasteiger partial charge in [0, 0.05) is 25.2 Å². The van der Waals surface area contributed by atoms with Crippen LogP contribution < -0.4 is 4.90 Å². The van der Waals surface area contributed by atoms with Gasteiger partial charge in [-0.25, -0.2) is 9.97 Å². The molecule has 1 aliphatic rings. The maximum atomic E-state index is 4.57. The molecule has 0 aromatic carbocycles. The van der Waals surface area contributed by atoms with Crippen molar-refractivity contribution in [3.8, 4) is 0 Å². The third kappa shape index (κ3) is 1.86. The van der Waals surface area contributed by atoms with E-state index in [0.717, 1.165) is 24.7 Å². The van der Waals surface area contributed by atoms with Gasteiger partial charge in [-0.1, -0.05) is 13.8 Å². The third-order valence-electron chi connectivity index (χ3n) is 2.61. The maximum Gasteiger partial charge on any atom is 0.133 e. The number of aromatic nitrogens is 2. The molecule has 3 nitrogen and oxygen atoms in total. The van der Waals surface area contributed by atoms with E-state index >= 15 is 0 Å². The van der Waals surface area contributed by atoms with Gasteiger partial charge in [0.2, 0.25) is 0 Å². The van der Waals surface area contributed by atoms with Gasteiger partial charge in [-0.15, -0.1) is 0 Å². The fourth-order valence-corrected chi connectivity index (χ4v) is 1.76. The van der Waals surface area contributed by atoms with Crippen LogP contribution in [-0.4, -0.2) is 23.1 Å². The quantitative estimate of drug-likeness (QED) is 0.717. The van der Waals surface area contributed by atoms with Crippen LogP contribution in [0.2, 0.25) is 0 Å². The van der Waals surface area contributed by atoms with Gasteiger partial charge >= 0.3 is 0 Å². The number of hydrogen-bond donors (Lipinski definition) is 0. The Balaban J connectivity index is 2.21. The minimum absolute atomic E-state index is 0.414. The van der Waals surface area contributed by atoms with E-state index < -0.39 is 0 Å². The molecule has 76 valence electrons. The topological polar surface area (TPSA) is 29.0 Å². The first kappa shape index (κ1) is 9.44. The molecular weight excluding hydrogens is 174 g/mol. The Hall–Kier alpha value is -1.12. The van der Waals surface area contributed by atoms with Crippen molar-refractivity contribution in [3.63, 3.8) is 0 Å². The van der Waals surface area contributed by atoms with Gasteiger partial charge in [0.15, 0.2) is 0 Å². The molecule has 1 aromatic rings. The first-order valence-electron chi connectivity index (χ1n) is 5.35. The summed E-state index contributed by atoms with van der Waals surface area (Å²) in [5.41, 5.74) is 0. The molecule has 0 N–H and O–H groups in total. The Kier molecular flexibility index (Phi) is 2.66. The summed E-state index contributed by atoms with van der Waals surface area (Å²) in [6.45, 7) is 6.55. The van der Waals surface area contributed by atoms with E-state index in [9.17, 15) is 0 Å². The largest absolute Gasteiger partial charge is 0.357 e. The van der Waals surface area contributed by atoms with Crippen LogP contribution in [0.5, 0.6) is 0 Å². The summed E-state index contributed by atoms with van der Waals surface area (Å²) < 4.78 is 0. The number of rotatable bonds is 2. The molecule has 0 unspecified atom stereocenters. The molecule has 0 radical (unpaired) electrons. The van der Waals surface area contributed by atoms with Crippen LogP contribution in [0.15, 0.2) is 12.3 Å². The average Bonchev–Trinajstić information content (AvgIpc) is 2.71. The lowest BCUT2D eigenvalue weighted by molar-refractivity contribution is 0.764. The summed E-state index contributed by atoms with van der Waals surface area (Å²) in [7, 11) is 0. The van der Waals surface area contributed by atoms with E-state index in [-0.39, 0.29) is 0 Å². The highest BCUT2D eigenvalue weighted by atomic mass is 15.2. The molecule has 0 spiro atoms. The monoisotopic (exact) mass is 191 g/mol. The highest BCUT2D eigenvalue weighted by Crippen LogP contribution is 2.18. The molecule has 0 bridgehead atoms. The van der Waals surface area contributed by atoms with Crippen molar-refractivity contribution in [2.75, 3.05) is 18.0 Å². The van der Waals surface area contributed by atoms with Crippen molar-refractivity contribution in [1.82, 2.24) is 9.97 Å². The van der Waals surface area contributed by atoms with Crippen LogP contribution in [0, 0.1) is 0 Å². The van der Waals surface area contributed by atoms with E-state index in [1.807, 2.05) is 12.3 Å². The van der Waals surface area contributed by atoms with Crippen LogP contribution in [0.3, 0.4) is 0 Å². The molecule has 1 fully saturated rings. The van der Waals surface area contributed by atoms with Gasteiger partial charge in [-0.3, -0.25) is 0 Å². The van der Waals surface area contributed by atoms with Gasteiger partial charge in [0.25, 0.3) is 0 Å². The zero-order valence-electron chi connectivity index (χ0n) is 8.90. The van der Waals surface area contributed by atoms with E-state index in [4.69, 9.17) is 0 Å². The van der Waals surface area contributed by atoms with Crippen LogP contribution in [0.4, 0.5) is 5.82 Å². The number of anilines is 1. The summed E-state index contributed by atoms with van der Waals surface area (Å²) in [6, 6.07) is 2.01. The van der Waals surface area contributed by atoms with Crippen molar-refractivity contribution in [1.29, 1.82) is 0 Å². The third-order valence-corrected chi connectivity index (χ3v) is 2.61. The van der Waals surface area contributed by atoms with Crippen molar-refractivity contribution in [2.45, 2.75) is 32.6 Å². The minimum atomic E-state index is 0.414. The first-order chi connectivity index (χ1) is 6.77. The smallest absolute Gasteiger partial charge is 0.133 e. The average molecular weight is 191 g/mol. The lowest BCUT2D eigenvalue weighted by Crippen LogP contribution is -2.19. The Morgan fingerprint density at radius 2 is 2.00 bits per heavy atom. The second-order valence-electron chi connectivity index (χ2n) is 4.12. The Labute approximate surface area is 85.2 Å². The van der Waals surface area contributed by atoms with E-state index in [1.165, 1.54) is 12.8 Å². The zero-order valence-corrected chi connectivity index (χ0v) is 8.90. The molecule has 1 saturated heterocycles. The lowest BCUT2D eigenvalue weighted by Gasteiger charge is -2.17. The molecule has 3 heteroatoms. The molecule has 1 aliphatic heterocycles. The highest BCUT2D eigenvalue weighted by molar-refractivity contribution is 5.38. The predicted octanol–water partition coefficient (Wildman–Crippen LogP) is 2.20. The van der Waals surface area contributed by atoms with Gasteiger partial charge in [0.05, 0.1) is 0 Å². The van der Waals surface area contributed by atoms with E-state index in [0.29, 0.717) is 5.92 Å². The maximum absolute atomic E-state index is 4.57. The van der Waals surface area contributed by atoms with E-state index in [2.05, 4.69) is 28.7 Å². The first-order valence-corrected chi connectivity index (χ1v) is 5.35. The van der Waals surface area contributed by atoms with Crippen LogP contribution >= 0.6 is 0 Å². The van der Waals surface area contributed by atoms with Crippen LogP contribution in [0.25, 0.3) is 0 Å². The molecule has 1 aromatic heterocycles. The molecule has 0 amide bonds. The fourth-order valence-electron chi connectivity index (χ4n) is 1.76. The predicted molar refractivity (Wildman–Crippen MR) is 57.6 cm³/mol. The van der Waals surface area contributed by atoms with Gasteiger partial charge in [-0.05, 0) is 18.9 Å². The molecule has 14 heavy (non-hydrogen) atoms. The van der Waals surface area contributed by atoms with Gasteiger partial charge < -0.3 is 4.90 Å². The van der Waals surface area contributed by atoms with E-state index in [1.54, 1.807) is 0 Å². The Morgan fingerprint density at radius 1 is 1.29 bits per heavy atom. The molecule has 0 aliphatic carbocycles. The standard InChI is InChI=1S/C11H17N3/c1-9(2)11-12-6-5-10(13-11)14-7-3-4-8-14/h5-6,9H,3-4,7-8H2,1-2H3. The summed E-state index contributed by atoms with van der Waals surface area (Å²) in [6.07, 6.45) is 4.46. The second kappa shape index (κ2) is 3.95. The summed E-state index contributed by atoms with van der Waals surface area (Å²) in [4.78, 5) is 11.2. The summed E-state index contributed by atoms with van der Waals surface area (Å²) in [5, 5.41) is 0. The molecular formula is C11H17N3. The Bertz CT molecular complexity index is 303. The summed E-state index contributed by atoms with van der Waals surface area (Å²) >= 11 is 0. The highest BCUT2D eigenvalue weighted by Gasteiger charge is 2.14. The lowest BCUT2D eigenvalue weighted by atomic mass is 10.2. The normalized spacial score (nSPS) is 16.6. The minimum Gasteiger partial charge on any atom is -0.357 e. The SMILES string of the molecule is CC(C)c1nccc(N2CCCC2)n1. The molecule has 2 heterocycles. The van der Waals surface area contributed by atoms with Crippen molar-refractivity contribution in [3.05, 3.63) is 18.1 Å². The van der Waals surface area contributed by atoms with Gasteiger partial charge in [-0.2, -0.15) is 0 Å². The second-order valence-corrected chi connectivity index (χ2v) is 4.12. The van der Waals surface area contributed by atoms with Gasteiger partial charge in [0.1, 0.15) is 11.6 Å². The van der Waals surface area contributed by atoms with Crippen molar-refractivity contribution in [2.24, 2.45) is 0 Å². The van der Waals surface area contributed by atoms with Crippen LogP contribution in [0.1, 0.15) is 38.4 Å². The molecule has 0 saturated carbocycles. The van der Waals surface area contributed by atoms with Crippen molar-refractivity contribution < 1.29 is 0 Å². The van der Waals surface area contributed by atoms with Crippen molar-refractivity contribution >= 4 is 5.82 Å². The fraction of sp³-hybridized carbons (Fsp3) is 0.636. The number of nitrogens with zero attached hydrogens (tertiary/aromatic N) is 3. The Morgan fingerprint density at radius 3 is 2.64 bits per heavy atom. The zero-order chi connectivity index (χ0) is 9.97. The summed E-state index contributed by atoms with van der Waals surface area (Å²) in [5.74, 6) is 2.47. The molecule has 2 rings (SSSR count). The van der Waals surface area contributed by atoms with Crippen LogP contribution in [-0.2, 0) is 0 Å². The number of hydrogen-bond acceptors (Lipinski definition) is 3.